The van der Waals surface area contributed by atoms with E-state index in [-0.39, 0.29) is 18.2 Å². The van der Waals surface area contributed by atoms with Gasteiger partial charge in [-0.15, -0.1) is 0 Å². The molecule has 0 aliphatic carbocycles. The third-order valence-electron chi connectivity index (χ3n) is 4.88. The molecule has 0 aromatic heterocycles. The molecule has 1 saturated heterocycles. The second-order valence-corrected chi connectivity index (χ2v) is 6.98. The van der Waals surface area contributed by atoms with Gasteiger partial charge >= 0.3 is 0 Å². The second-order valence-electron chi connectivity index (χ2n) is 6.14. The Morgan fingerprint density at radius 3 is 2.67 bits per heavy atom. The summed E-state index contributed by atoms with van der Waals surface area (Å²) in [5.74, 6) is -0.217. The standard InChI is InChI=1S/C18H14Cl2N2O2/c19-10-5-6-12-14(9-10)21-17(24)18(12)8-7-15(23)22-16(18)11-3-1-2-4-13(11)20/h1-6,9,16H,7-8H2,(H,21,24)(H,22,23)/t16-,18-/m1/s1. The molecular weight excluding hydrogens is 347 g/mol. The van der Waals surface area contributed by atoms with E-state index in [1.807, 2.05) is 24.3 Å². The molecule has 24 heavy (non-hydrogen) atoms. The highest BCUT2D eigenvalue weighted by atomic mass is 35.5. The normalized spacial score (nSPS) is 25.3. The van der Waals surface area contributed by atoms with Crippen molar-refractivity contribution in [1.29, 1.82) is 0 Å². The molecule has 0 saturated carbocycles. The SMILES string of the molecule is O=C1CC[C@]2(C(=O)Nc3cc(Cl)ccc32)[C@@H](c2ccccc2Cl)N1. The van der Waals surface area contributed by atoms with Crippen LogP contribution in [0.5, 0.6) is 0 Å². The quantitative estimate of drug-likeness (QED) is 0.811. The van der Waals surface area contributed by atoms with Crippen LogP contribution in [0.25, 0.3) is 0 Å². The number of hydrogen-bond acceptors (Lipinski definition) is 2. The van der Waals surface area contributed by atoms with E-state index in [2.05, 4.69) is 10.6 Å². The minimum atomic E-state index is -0.876. The molecule has 2 amide bonds. The van der Waals surface area contributed by atoms with Crippen molar-refractivity contribution in [2.75, 3.05) is 5.32 Å². The highest BCUT2D eigenvalue weighted by molar-refractivity contribution is 6.32. The van der Waals surface area contributed by atoms with Gasteiger partial charge in [-0.2, -0.15) is 0 Å². The predicted molar refractivity (Wildman–Crippen MR) is 93.3 cm³/mol. The van der Waals surface area contributed by atoms with Crippen LogP contribution >= 0.6 is 23.2 Å². The van der Waals surface area contributed by atoms with Crippen molar-refractivity contribution < 1.29 is 9.59 Å². The molecule has 0 unspecified atom stereocenters. The molecule has 2 aromatic rings. The third kappa shape index (κ3) is 2.14. The average Bonchev–Trinajstić information content (AvgIpc) is 2.82. The number of halogens is 2. The summed E-state index contributed by atoms with van der Waals surface area (Å²) in [7, 11) is 0. The van der Waals surface area contributed by atoms with Crippen LogP contribution in [0.3, 0.4) is 0 Å². The number of hydrogen-bond donors (Lipinski definition) is 2. The van der Waals surface area contributed by atoms with E-state index in [9.17, 15) is 9.59 Å². The number of rotatable bonds is 1. The molecule has 1 spiro atoms. The van der Waals surface area contributed by atoms with Gasteiger partial charge in [0.05, 0.1) is 6.04 Å². The molecule has 0 radical (unpaired) electrons. The minimum Gasteiger partial charge on any atom is -0.348 e. The number of carbonyl (C=O) groups is 2. The topological polar surface area (TPSA) is 58.2 Å². The van der Waals surface area contributed by atoms with Crippen molar-refractivity contribution in [3.63, 3.8) is 0 Å². The van der Waals surface area contributed by atoms with Crippen LogP contribution in [0, 0.1) is 0 Å². The molecule has 6 heteroatoms. The van der Waals surface area contributed by atoms with Gasteiger partial charge in [-0.05, 0) is 35.7 Å². The highest BCUT2D eigenvalue weighted by Crippen LogP contribution is 2.52. The summed E-state index contributed by atoms with van der Waals surface area (Å²) in [6.07, 6.45) is 0.714. The van der Waals surface area contributed by atoms with Crippen LogP contribution in [0.2, 0.25) is 10.0 Å². The van der Waals surface area contributed by atoms with Gasteiger partial charge in [-0.25, -0.2) is 0 Å². The van der Waals surface area contributed by atoms with E-state index in [0.29, 0.717) is 22.2 Å². The third-order valence-corrected chi connectivity index (χ3v) is 5.46. The van der Waals surface area contributed by atoms with Crippen LogP contribution in [0.1, 0.15) is 30.0 Å². The molecule has 2 aliphatic heterocycles. The zero-order valence-corrected chi connectivity index (χ0v) is 14.1. The van der Waals surface area contributed by atoms with E-state index in [1.165, 1.54) is 0 Å². The van der Waals surface area contributed by atoms with Crippen molar-refractivity contribution in [3.05, 3.63) is 63.6 Å². The van der Waals surface area contributed by atoms with Gasteiger partial charge in [0.25, 0.3) is 0 Å². The molecule has 122 valence electrons. The summed E-state index contributed by atoms with van der Waals surface area (Å²) in [5, 5.41) is 6.97. The van der Waals surface area contributed by atoms with Crippen LogP contribution in [-0.2, 0) is 15.0 Å². The van der Waals surface area contributed by atoms with E-state index in [4.69, 9.17) is 23.2 Å². The van der Waals surface area contributed by atoms with Gasteiger partial charge in [-0.1, -0.05) is 47.5 Å². The van der Waals surface area contributed by atoms with Crippen molar-refractivity contribution in [2.45, 2.75) is 24.3 Å². The molecule has 1 fully saturated rings. The van der Waals surface area contributed by atoms with Gasteiger partial charge in [0.2, 0.25) is 11.8 Å². The molecule has 2 atom stereocenters. The van der Waals surface area contributed by atoms with Crippen molar-refractivity contribution in [3.8, 4) is 0 Å². The summed E-state index contributed by atoms with van der Waals surface area (Å²) in [6.45, 7) is 0. The van der Waals surface area contributed by atoms with Crippen LogP contribution in [0.15, 0.2) is 42.5 Å². The smallest absolute Gasteiger partial charge is 0.237 e. The molecule has 4 nitrogen and oxygen atoms in total. The Labute approximate surface area is 149 Å². The van der Waals surface area contributed by atoms with Gasteiger partial charge in [-0.3, -0.25) is 9.59 Å². The summed E-state index contributed by atoms with van der Waals surface area (Å²) in [5.41, 5.74) is 1.41. The largest absolute Gasteiger partial charge is 0.348 e. The fraction of sp³-hybridized carbons (Fsp3) is 0.222. The Morgan fingerprint density at radius 1 is 1.08 bits per heavy atom. The monoisotopic (exact) mass is 360 g/mol. The lowest BCUT2D eigenvalue weighted by molar-refractivity contribution is -0.130. The Balaban J connectivity index is 1.93. The van der Waals surface area contributed by atoms with Crippen LogP contribution < -0.4 is 10.6 Å². The lowest BCUT2D eigenvalue weighted by atomic mass is 9.67. The number of anilines is 1. The summed E-state index contributed by atoms with van der Waals surface area (Å²) >= 11 is 12.4. The van der Waals surface area contributed by atoms with Crippen molar-refractivity contribution >= 4 is 40.7 Å². The first-order valence-corrected chi connectivity index (χ1v) is 8.43. The molecule has 2 N–H and O–H groups in total. The fourth-order valence-electron chi connectivity index (χ4n) is 3.76. The first-order chi connectivity index (χ1) is 11.5. The molecular formula is C18H14Cl2N2O2. The van der Waals surface area contributed by atoms with Gasteiger partial charge < -0.3 is 10.6 Å². The first kappa shape index (κ1) is 15.5. The maximum atomic E-state index is 13.0. The first-order valence-electron chi connectivity index (χ1n) is 7.67. The van der Waals surface area contributed by atoms with Crippen molar-refractivity contribution in [2.24, 2.45) is 0 Å². The Bertz CT molecular complexity index is 868. The van der Waals surface area contributed by atoms with Crippen LogP contribution in [-0.4, -0.2) is 11.8 Å². The fourth-order valence-corrected chi connectivity index (χ4v) is 4.18. The maximum absolute atomic E-state index is 13.0. The zero-order valence-electron chi connectivity index (χ0n) is 12.6. The molecule has 0 bridgehead atoms. The number of nitrogens with one attached hydrogen (secondary N) is 2. The van der Waals surface area contributed by atoms with E-state index < -0.39 is 11.5 Å². The average molecular weight is 361 g/mol. The number of piperidine rings is 1. The summed E-state index contributed by atoms with van der Waals surface area (Å²) in [6, 6.07) is 12.1. The number of benzene rings is 2. The summed E-state index contributed by atoms with van der Waals surface area (Å²) < 4.78 is 0. The number of carbonyl (C=O) groups excluding carboxylic acids is 2. The van der Waals surface area contributed by atoms with Crippen LogP contribution in [0.4, 0.5) is 5.69 Å². The Kier molecular flexibility index (Phi) is 3.55. The number of amides is 2. The Morgan fingerprint density at radius 2 is 1.88 bits per heavy atom. The van der Waals surface area contributed by atoms with E-state index in [0.717, 1.165) is 11.1 Å². The molecule has 2 heterocycles. The lowest BCUT2D eigenvalue weighted by Gasteiger charge is -2.40. The number of fused-ring (bicyclic) bond motifs is 2. The lowest BCUT2D eigenvalue weighted by Crippen LogP contribution is -2.52. The predicted octanol–water partition coefficient (Wildman–Crippen LogP) is 3.83. The highest BCUT2D eigenvalue weighted by Gasteiger charge is 2.55. The second kappa shape index (κ2) is 5.50. The summed E-state index contributed by atoms with van der Waals surface area (Å²) in [4.78, 5) is 25.0. The van der Waals surface area contributed by atoms with Gasteiger partial charge in [0, 0.05) is 22.2 Å². The molecule has 2 aliphatic rings. The minimum absolute atomic E-state index is 0.0826. The van der Waals surface area contributed by atoms with E-state index in [1.54, 1.807) is 18.2 Å². The zero-order chi connectivity index (χ0) is 16.9. The molecule has 2 aromatic carbocycles. The van der Waals surface area contributed by atoms with Gasteiger partial charge in [0.15, 0.2) is 0 Å². The van der Waals surface area contributed by atoms with Gasteiger partial charge in [0.1, 0.15) is 5.41 Å². The van der Waals surface area contributed by atoms with Crippen molar-refractivity contribution in [1.82, 2.24) is 5.32 Å². The maximum Gasteiger partial charge on any atom is 0.237 e. The molecule has 4 rings (SSSR count). The Hall–Kier alpha value is -2.04. The van der Waals surface area contributed by atoms with E-state index >= 15 is 0 Å².